The van der Waals surface area contributed by atoms with E-state index in [1.54, 1.807) is 0 Å². The second-order valence-corrected chi connectivity index (χ2v) is 2.68. The van der Waals surface area contributed by atoms with E-state index in [0.717, 1.165) is 30.4 Å². The molecule has 2 nitrogen and oxygen atoms in total. The molecule has 1 atom stereocenters. The van der Waals surface area contributed by atoms with E-state index in [0.29, 0.717) is 0 Å². The lowest BCUT2D eigenvalue weighted by molar-refractivity contribution is 0.190. The number of nitriles is 1. The molecular weight excluding hydrogens is 126 g/mol. The van der Waals surface area contributed by atoms with Gasteiger partial charge in [-0.1, -0.05) is 0 Å². The van der Waals surface area contributed by atoms with Crippen molar-refractivity contribution in [2.24, 2.45) is 0 Å². The van der Waals surface area contributed by atoms with E-state index in [9.17, 15) is 5.11 Å². The number of aliphatic hydroxyl groups is 1. The van der Waals surface area contributed by atoms with Gasteiger partial charge >= 0.3 is 0 Å². The highest BCUT2D eigenvalue weighted by molar-refractivity contribution is 5.30. The highest BCUT2D eigenvalue weighted by Crippen LogP contribution is 2.23. The first-order valence-corrected chi connectivity index (χ1v) is 3.53. The second kappa shape index (κ2) is 2.85. The van der Waals surface area contributed by atoms with Crippen LogP contribution >= 0.6 is 0 Å². The van der Waals surface area contributed by atoms with Crippen LogP contribution in [0, 0.1) is 11.3 Å². The summed E-state index contributed by atoms with van der Waals surface area (Å²) in [4.78, 5) is 0. The topological polar surface area (TPSA) is 44.0 Å². The Morgan fingerprint density at radius 1 is 1.70 bits per heavy atom. The third kappa shape index (κ3) is 1.19. The van der Waals surface area contributed by atoms with Gasteiger partial charge in [0.1, 0.15) is 0 Å². The Bertz CT molecular complexity index is 200. The van der Waals surface area contributed by atoms with Crippen molar-refractivity contribution in [3.05, 3.63) is 11.1 Å². The first-order valence-electron chi connectivity index (χ1n) is 3.53. The van der Waals surface area contributed by atoms with Gasteiger partial charge in [-0.25, -0.2) is 0 Å². The zero-order valence-corrected chi connectivity index (χ0v) is 6.09. The summed E-state index contributed by atoms with van der Waals surface area (Å²) in [7, 11) is 0. The molecule has 0 aromatic heterocycles. The van der Waals surface area contributed by atoms with Crippen LogP contribution in [0.25, 0.3) is 0 Å². The SMILES string of the molecule is CC1=C(C#N)CCCC1O. The molecule has 0 radical (unpaired) electrons. The third-order valence-corrected chi connectivity index (χ3v) is 2.02. The lowest BCUT2D eigenvalue weighted by atomic mass is 9.91. The first-order chi connectivity index (χ1) is 4.75. The van der Waals surface area contributed by atoms with Gasteiger partial charge in [0.25, 0.3) is 0 Å². The van der Waals surface area contributed by atoms with Crippen molar-refractivity contribution in [3.8, 4) is 6.07 Å². The molecule has 0 aromatic rings. The third-order valence-electron chi connectivity index (χ3n) is 2.02. The van der Waals surface area contributed by atoms with Crippen molar-refractivity contribution in [2.75, 3.05) is 0 Å². The first kappa shape index (κ1) is 7.30. The molecule has 0 spiro atoms. The predicted molar refractivity (Wildman–Crippen MR) is 38.2 cm³/mol. The fourth-order valence-corrected chi connectivity index (χ4v) is 1.23. The van der Waals surface area contributed by atoms with E-state index in [1.165, 1.54) is 0 Å². The molecule has 1 unspecified atom stereocenters. The highest BCUT2D eigenvalue weighted by Gasteiger charge is 2.16. The van der Waals surface area contributed by atoms with Crippen LogP contribution in [0.15, 0.2) is 11.1 Å². The van der Waals surface area contributed by atoms with E-state index in [-0.39, 0.29) is 6.10 Å². The van der Waals surface area contributed by atoms with Crippen molar-refractivity contribution in [1.82, 2.24) is 0 Å². The second-order valence-electron chi connectivity index (χ2n) is 2.68. The maximum absolute atomic E-state index is 9.27. The number of rotatable bonds is 0. The van der Waals surface area contributed by atoms with Crippen LogP contribution in [-0.2, 0) is 0 Å². The van der Waals surface area contributed by atoms with E-state index in [1.807, 2.05) is 6.92 Å². The Morgan fingerprint density at radius 3 is 2.90 bits per heavy atom. The predicted octanol–water partition coefficient (Wildman–Crippen LogP) is 1.37. The van der Waals surface area contributed by atoms with Gasteiger partial charge in [-0.2, -0.15) is 5.26 Å². The summed E-state index contributed by atoms with van der Waals surface area (Å²) >= 11 is 0. The van der Waals surface area contributed by atoms with Crippen molar-refractivity contribution >= 4 is 0 Å². The number of nitrogens with zero attached hydrogens (tertiary/aromatic N) is 1. The Kier molecular flexibility index (Phi) is 2.08. The molecule has 10 heavy (non-hydrogen) atoms. The summed E-state index contributed by atoms with van der Waals surface area (Å²) in [6.07, 6.45) is 2.25. The molecule has 0 fully saturated rings. The fourth-order valence-electron chi connectivity index (χ4n) is 1.23. The number of hydrogen-bond acceptors (Lipinski definition) is 2. The van der Waals surface area contributed by atoms with E-state index < -0.39 is 0 Å². The number of hydrogen-bond donors (Lipinski definition) is 1. The molecule has 1 aliphatic carbocycles. The van der Waals surface area contributed by atoms with Crippen LogP contribution in [0.2, 0.25) is 0 Å². The van der Waals surface area contributed by atoms with Crippen LogP contribution in [0.3, 0.4) is 0 Å². The monoisotopic (exact) mass is 137 g/mol. The smallest absolute Gasteiger partial charge is 0.0947 e. The van der Waals surface area contributed by atoms with Crippen molar-refractivity contribution in [2.45, 2.75) is 32.3 Å². The minimum atomic E-state index is -0.358. The van der Waals surface area contributed by atoms with Crippen LogP contribution in [0.1, 0.15) is 26.2 Å². The summed E-state index contributed by atoms with van der Waals surface area (Å²) < 4.78 is 0. The van der Waals surface area contributed by atoms with Gasteiger partial charge in [-0.3, -0.25) is 0 Å². The normalized spacial score (nSPS) is 26.3. The molecule has 1 rings (SSSR count). The van der Waals surface area contributed by atoms with E-state index >= 15 is 0 Å². The molecule has 0 heterocycles. The average Bonchev–Trinajstić information content (AvgIpc) is 1.95. The summed E-state index contributed by atoms with van der Waals surface area (Å²) in [5.74, 6) is 0. The lowest BCUT2D eigenvalue weighted by Gasteiger charge is -2.18. The minimum Gasteiger partial charge on any atom is -0.389 e. The van der Waals surface area contributed by atoms with Gasteiger partial charge < -0.3 is 5.11 Å². The molecule has 0 amide bonds. The Labute approximate surface area is 60.8 Å². The Balaban J connectivity index is 2.85. The van der Waals surface area contributed by atoms with Gasteiger partial charge in [-0.05, 0) is 31.8 Å². The summed E-state index contributed by atoms with van der Waals surface area (Å²) in [6, 6.07) is 2.10. The molecule has 0 saturated carbocycles. The van der Waals surface area contributed by atoms with E-state index in [4.69, 9.17) is 5.26 Å². The van der Waals surface area contributed by atoms with Crippen molar-refractivity contribution in [1.29, 1.82) is 5.26 Å². The molecule has 1 N–H and O–H groups in total. The highest BCUT2D eigenvalue weighted by atomic mass is 16.3. The molecule has 0 aliphatic heterocycles. The minimum absolute atomic E-state index is 0.358. The summed E-state index contributed by atoms with van der Waals surface area (Å²) in [5.41, 5.74) is 1.65. The van der Waals surface area contributed by atoms with Crippen LogP contribution in [0.5, 0.6) is 0 Å². The lowest BCUT2D eigenvalue weighted by Crippen LogP contribution is -2.14. The molecule has 0 saturated heterocycles. The van der Waals surface area contributed by atoms with Gasteiger partial charge in [0.05, 0.1) is 12.2 Å². The summed E-state index contributed by atoms with van der Waals surface area (Å²) in [5, 5.41) is 17.8. The zero-order chi connectivity index (χ0) is 7.56. The van der Waals surface area contributed by atoms with Crippen LogP contribution in [0.4, 0.5) is 0 Å². The van der Waals surface area contributed by atoms with Gasteiger partial charge in [-0.15, -0.1) is 0 Å². The number of aliphatic hydroxyl groups excluding tert-OH is 1. The van der Waals surface area contributed by atoms with Crippen molar-refractivity contribution in [3.63, 3.8) is 0 Å². The maximum atomic E-state index is 9.27. The average molecular weight is 137 g/mol. The van der Waals surface area contributed by atoms with Gasteiger partial charge in [0, 0.05) is 5.57 Å². The van der Waals surface area contributed by atoms with Crippen LogP contribution in [-0.4, -0.2) is 11.2 Å². The Hall–Kier alpha value is -0.810. The zero-order valence-electron chi connectivity index (χ0n) is 6.09. The largest absolute Gasteiger partial charge is 0.389 e. The van der Waals surface area contributed by atoms with E-state index in [2.05, 4.69) is 6.07 Å². The Morgan fingerprint density at radius 2 is 2.40 bits per heavy atom. The molecule has 1 aliphatic rings. The number of allylic oxidation sites excluding steroid dienone is 1. The quantitative estimate of drug-likeness (QED) is 0.548. The molecule has 0 aromatic carbocycles. The standard InChI is InChI=1S/C8H11NO/c1-6-7(5-9)3-2-4-8(6)10/h8,10H,2-4H2,1H3. The molecule has 2 heteroatoms. The molecular formula is C8H11NO. The van der Waals surface area contributed by atoms with Crippen molar-refractivity contribution < 1.29 is 5.11 Å². The fraction of sp³-hybridized carbons (Fsp3) is 0.625. The van der Waals surface area contributed by atoms with Gasteiger partial charge in [0.15, 0.2) is 0 Å². The van der Waals surface area contributed by atoms with Gasteiger partial charge in [0.2, 0.25) is 0 Å². The molecule has 0 bridgehead atoms. The summed E-state index contributed by atoms with van der Waals surface area (Å²) in [6.45, 7) is 1.84. The maximum Gasteiger partial charge on any atom is 0.0947 e. The molecule has 54 valence electrons. The van der Waals surface area contributed by atoms with Crippen LogP contribution < -0.4 is 0 Å².